The number of nitrogens with zero attached hydrogens (tertiary/aromatic N) is 1. The Hall–Kier alpha value is -2.36. The molecule has 1 aromatic rings. The SMILES string of the molecule is O=C(O)[C@@H]1[C@@H](C(=O)N2CC=C(c3ccccc3)CC2)[C@@H]2C=C[C@H]1C2. The van der Waals surface area contributed by atoms with Crippen molar-refractivity contribution in [1.82, 2.24) is 4.90 Å². The number of benzene rings is 1. The molecule has 0 spiro atoms. The van der Waals surface area contributed by atoms with Crippen molar-refractivity contribution in [3.8, 4) is 0 Å². The van der Waals surface area contributed by atoms with Gasteiger partial charge in [-0.05, 0) is 35.8 Å². The lowest BCUT2D eigenvalue weighted by molar-refractivity contribution is -0.150. The Morgan fingerprint density at radius 2 is 1.75 bits per heavy atom. The van der Waals surface area contributed by atoms with E-state index >= 15 is 0 Å². The largest absolute Gasteiger partial charge is 0.481 e. The highest BCUT2D eigenvalue weighted by molar-refractivity contribution is 5.87. The van der Waals surface area contributed by atoms with Gasteiger partial charge < -0.3 is 10.0 Å². The summed E-state index contributed by atoms with van der Waals surface area (Å²) in [4.78, 5) is 26.4. The summed E-state index contributed by atoms with van der Waals surface area (Å²) >= 11 is 0. The molecule has 124 valence electrons. The van der Waals surface area contributed by atoms with Gasteiger partial charge in [0.05, 0.1) is 11.8 Å². The number of carbonyl (C=O) groups excluding carboxylic acids is 1. The van der Waals surface area contributed by atoms with Gasteiger partial charge in [-0.1, -0.05) is 48.6 Å². The number of aliphatic carboxylic acids is 1. The van der Waals surface area contributed by atoms with Crippen LogP contribution in [0, 0.1) is 23.7 Å². The van der Waals surface area contributed by atoms with E-state index in [1.54, 1.807) is 0 Å². The van der Waals surface area contributed by atoms with Crippen LogP contribution in [0.3, 0.4) is 0 Å². The number of amides is 1. The zero-order valence-corrected chi connectivity index (χ0v) is 13.5. The second-order valence-electron chi connectivity index (χ2n) is 6.97. The minimum atomic E-state index is -0.831. The molecule has 4 nitrogen and oxygen atoms in total. The third-order valence-electron chi connectivity index (χ3n) is 5.69. The molecule has 4 heteroatoms. The van der Waals surface area contributed by atoms with E-state index in [-0.39, 0.29) is 23.7 Å². The van der Waals surface area contributed by atoms with Crippen LogP contribution in [0.2, 0.25) is 0 Å². The third-order valence-corrected chi connectivity index (χ3v) is 5.69. The Bertz CT molecular complexity index is 722. The number of carbonyl (C=O) groups is 2. The first kappa shape index (κ1) is 15.2. The van der Waals surface area contributed by atoms with Gasteiger partial charge in [-0.3, -0.25) is 9.59 Å². The van der Waals surface area contributed by atoms with Crippen LogP contribution >= 0.6 is 0 Å². The molecule has 0 saturated heterocycles. The number of hydrogen-bond acceptors (Lipinski definition) is 2. The highest BCUT2D eigenvalue weighted by atomic mass is 16.4. The second kappa shape index (κ2) is 5.93. The van der Waals surface area contributed by atoms with Crippen molar-refractivity contribution in [1.29, 1.82) is 0 Å². The summed E-state index contributed by atoms with van der Waals surface area (Å²) in [6.07, 6.45) is 7.77. The van der Waals surface area contributed by atoms with Gasteiger partial charge in [0.1, 0.15) is 0 Å². The molecule has 1 aromatic carbocycles. The van der Waals surface area contributed by atoms with Gasteiger partial charge in [0.15, 0.2) is 0 Å². The van der Waals surface area contributed by atoms with Gasteiger partial charge in [0.25, 0.3) is 0 Å². The summed E-state index contributed by atoms with van der Waals surface area (Å²) in [6.45, 7) is 1.25. The van der Waals surface area contributed by atoms with E-state index in [4.69, 9.17) is 0 Å². The van der Waals surface area contributed by atoms with Gasteiger partial charge in [0.2, 0.25) is 5.91 Å². The van der Waals surface area contributed by atoms with Crippen LogP contribution in [0.15, 0.2) is 48.6 Å². The Labute approximate surface area is 141 Å². The highest BCUT2D eigenvalue weighted by Crippen LogP contribution is 2.49. The van der Waals surface area contributed by atoms with Crippen LogP contribution < -0.4 is 0 Å². The Balaban J connectivity index is 1.50. The van der Waals surface area contributed by atoms with Crippen molar-refractivity contribution >= 4 is 17.4 Å². The average Bonchev–Trinajstić information content (AvgIpc) is 3.23. The molecule has 1 N–H and O–H groups in total. The number of hydrogen-bond donors (Lipinski definition) is 1. The molecule has 3 aliphatic rings. The number of carboxylic acid groups (broad SMARTS) is 1. The lowest BCUT2D eigenvalue weighted by Crippen LogP contribution is -2.44. The van der Waals surface area contributed by atoms with Gasteiger partial charge >= 0.3 is 5.97 Å². The van der Waals surface area contributed by atoms with E-state index in [1.165, 1.54) is 11.1 Å². The molecule has 1 saturated carbocycles. The number of allylic oxidation sites excluding steroid dienone is 2. The molecule has 1 heterocycles. The van der Waals surface area contributed by atoms with E-state index in [0.29, 0.717) is 13.1 Å². The van der Waals surface area contributed by atoms with Crippen LogP contribution in [0.5, 0.6) is 0 Å². The fourth-order valence-corrected chi connectivity index (χ4v) is 4.49. The first-order valence-corrected chi connectivity index (χ1v) is 8.59. The van der Waals surface area contributed by atoms with Gasteiger partial charge in [0, 0.05) is 13.1 Å². The summed E-state index contributed by atoms with van der Waals surface area (Å²) in [7, 11) is 0. The molecule has 24 heavy (non-hydrogen) atoms. The molecule has 2 bridgehead atoms. The quantitative estimate of drug-likeness (QED) is 0.870. The predicted molar refractivity (Wildman–Crippen MR) is 91.0 cm³/mol. The van der Waals surface area contributed by atoms with Crippen molar-refractivity contribution < 1.29 is 14.7 Å². The first-order chi connectivity index (χ1) is 11.6. The summed E-state index contributed by atoms with van der Waals surface area (Å²) in [6, 6.07) is 10.2. The molecule has 4 rings (SSSR count). The van der Waals surface area contributed by atoms with E-state index < -0.39 is 11.9 Å². The topological polar surface area (TPSA) is 57.6 Å². The zero-order chi connectivity index (χ0) is 16.7. The first-order valence-electron chi connectivity index (χ1n) is 8.59. The van der Waals surface area contributed by atoms with Gasteiger partial charge in [-0.2, -0.15) is 0 Å². The van der Waals surface area contributed by atoms with Crippen LogP contribution in [-0.4, -0.2) is 35.0 Å². The van der Waals surface area contributed by atoms with Crippen molar-refractivity contribution in [2.75, 3.05) is 13.1 Å². The Kier molecular flexibility index (Phi) is 3.75. The van der Waals surface area contributed by atoms with Gasteiger partial charge in [-0.25, -0.2) is 0 Å². The van der Waals surface area contributed by atoms with Gasteiger partial charge in [-0.15, -0.1) is 0 Å². The molecule has 2 aliphatic carbocycles. The molecule has 0 unspecified atom stereocenters. The monoisotopic (exact) mass is 323 g/mol. The maximum atomic E-state index is 12.9. The summed E-state index contributed by atoms with van der Waals surface area (Å²) < 4.78 is 0. The zero-order valence-electron chi connectivity index (χ0n) is 13.5. The summed E-state index contributed by atoms with van der Waals surface area (Å²) in [5.41, 5.74) is 2.47. The third kappa shape index (κ3) is 2.46. The second-order valence-corrected chi connectivity index (χ2v) is 6.97. The fraction of sp³-hybridized carbons (Fsp3) is 0.400. The van der Waals surface area contributed by atoms with Crippen molar-refractivity contribution in [3.05, 3.63) is 54.1 Å². The Morgan fingerprint density at radius 3 is 2.38 bits per heavy atom. The standard InChI is InChI=1S/C20H21NO3/c22-19(17-15-6-7-16(12-15)18(17)20(23)24)21-10-8-14(9-11-21)13-4-2-1-3-5-13/h1-8,15-18H,9-12H2,(H,23,24)/t15-,16+,17+,18+/m1/s1. The minimum Gasteiger partial charge on any atom is -0.481 e. The van der Waals surface area contributed by atoms with Crippen molar-refractivity contribution in [2.45, 2.75) is 12.8 Å². The van der Waals surface area contributed by atoms with E-state index in [1.807, 2.05) is 35.3 Å². The van der Waals surface area contributed by atoms with Crippen LogP contribution in [0.4, 0.5) is 0 Å². The molecular weight excluding hydrogens is 302 g/mol. The van der Waals surface area contributed by atoms with E-state index in [9.17, 15) is 14.7 Å². The van der Waals surface area contributed by atoms with Crippen LogP contribution in [0.25, 0.3) is 5.57 Å². The van der Waals surface area contributed by atoms with Crippen molar-refractivity contribution in [2.24, 2.45) is 23.7 Å². The molecule has 0 radical (unpaired) electrons. The molecule has 1 aliphatic heterocycles. The minimum absolute atomic E-state index is 0.0163. The van der Waals surface area contributed by atoms with Crippen LogP contribution in [0.1, 0.15) is 18.4 Å². The number of carboxylic acids is 1. The lowest BCUT2D eigenvalue weighted by atomic mass is 9.82. The van der Waals surface area contributed by atoms with Crippen LogP contribution in [-0.2, 0) is 9.59 Å². The molecule has 4 atom stereocenters. The molecule has 1 fully saturated rings. The fourth-order valence-electron chi connectivity index (χ4n) is 4.49. The normalized spacial score (nSPS) is 31.2. The smallest absolute Gasteiger partial charge is 0.307 e. The summed E-state index contributed by atoms with van der Waals surface area (Å²) in [5.74, 6) is -1.62. The number of rotatable bonds is 3. The maximum Gasteiger partial charge on any atom is 0.307 e. The van der Waals surface area contributed by atoms with Crippen molar-refractivity contribution in [3.63, 3.8) is 0 Å². The molecule has 0 aromatic heterocycles. The number of fused-ring (bicyclic) bond motifs is 2. The molecule has 1 amide bonds. The Morgan fingerprint density at radius 1 is 1.04 bits per heavy atom. The molecular formula is C20H21NO3. The average molecular weight is 323 g/mol. The van der Waals surface area contributed by atoms with E-state index in [2.05, 4.69) is 18.2 Å². The summed E-state index contributed by atoms with van der Waals surface area (Å²) in [5, 5.41) is 9.53. The highest BCUT2D eigenvalue weighted by Gasteiger charge is 2.52. The lowest BCUT2D eigenvalue weighted by Gasteiger charge is -2.33. The predicted octanol–water partition coefficient (Wildman–Crippen LogP) is 2.83. The maximum absolute atomic E-state index is 12.9. The van der Waals surface area contributed by atoms with E-state index in [0.717, 1.165) is 12.8 Å².